The van der Waals surface area contributed by atoms with Crippen molar-refractivity contribution < 1.29 is 14.7 Å². The molecule has 3 aromatic rings. The molecule has 0 aliphatic rings. The first-order valence-electron chi connectivity index (χ1n) is 8.01. The van der Waals surface area contributed by atoms with Gasteiger partial charge in [0.25, 0.3) is 0 Å². The second-order valence-corrected chi connectivity index (χ2v) is 5.85. The molecule has 25 heavy (non-hydrogen) atoms. The Bertz CT molecular complexity index is 951. The van der Waals surface area contributed by atoms with Crippen LogP contribution in [0.1, 0.15) is 28.0 Å². The summed E-state index contributed by atoms with van der Waals surface area (Å²) in [7, 11) is 0. The number of fused-ring (bicyclic) bond motifs is 1. The highest BCUT2D eigenvalue weighted by Crippen LogP contribution is 2.19. The standard InChI is InChI=1S/C20H18N2O3/c1-13-16-8-6-14(12-15(16)10-11-21-13)7-9-19(23)22-18-5-3-2-4-17(18)20(24)25/h2-6,8,10-12H,7,9H2,1H3,(H,22,23)(H,24,25). The fourth-order valence-corrected chi connectivity index (χ4v) is 2.78. The topological polar surface area (TPSA) is 79.3 Å². The lowest BCUT2D eigenvalue weighted by atomic mass is 10.0. The number of para-hydroxylation sites is 1. The van der Waals surface area contributed by atoms with Gasteiger partial charge in [-0.3, -0.25) is 9.78 Å². The Morgan fingerprint density at radius 3 is 2.72 bits per heavy atom. The Morgan fingerprint density at radius 2 is 1.92 bits per heavy atom. The van der Waals surface area contributed by atoms with Crippen molar-refractivity contribution in [3.8, 4) is 0 Å². The van der Waals surface area contributed by atoms with E-state index in [0.717, 1.165) is 22.0 Å². The van der Waals surface area contributed by atoms with E-state index in [-0.39, 0.29) is 17.9 Å². The summed E-state index contributed by atoms with van der Waals surface area (Å²) in [6, 6.07) is 14.4. The van der Waals surface area contributed by atoms with E-state index in [1.807, 2.05) is 25.1 Å². The molecule has 0 saturated heterocycles. The van der Waals surface area contributed by atoms with Gasteiger partial charge < -0.3 is 10.4 Å². The summed E-state index contributed by atoms with van der Waals surface area (Å²) in [5.74, 6) is -1.27. The SMILES string of the molecule is Cc1nccc2cc(CCC(=O)Nc3ccccc3C(=O)O)ccc12. The summed E-state index contributed by atoms with van der Waals surface area (Å²) < 4.78 is 0. The number of rotatable bonds is 5. The number of nitrogens with one attached hydrogen (secondary N) is 1. The minimum Gasteiger partial charge on any atom is -0.478 e. The average molecular weight is 334 g/mol. The molecule has 2 aromatic carbocycles. The number of pyridine rings is 1. The number of amides is 1. The van der Waals surface area contributed by atoms with Crippen LogP contribution in [-0.2, 0) is 11.2 Å². The third-order valence-electron chi connectivity index (χ3n) is 4.10. The van der Waals surface area contributed by atoms with Crippen molar-refractivity contribution >= 4 is 28.3 Å². The van der Waals surface area contributed by atoms with E-state index in [4.69, 9.17) is 5.11 Å². The Kier molecular flexibility index (Phi) is 4.75. The van der Waals surface area contributed by atoms with E-state index in [1.165, 1.54) is 6.07 Å². The molecule has 126 valence electrons. The van der Waals surface area contributed by atoms with Crippen molar-refractivity contribution in [2.75, 3.05) is 5.32 Å². The summed E-state index contributed by atoms with van der Waals surface area (Å²) >= 11 is 0. The number of hydrogen-bond donors (Lipinski definition) is 2. The zero-order valence-electron chi connectivity index (χ0n) is 13.8. The molecule has 0 radical (unpaired) electrons. The summed E-state index contributed by atoms with van der Waals surface area (Å²) in [4.78, 5) is 27.6. The average Bonchev–Trinajstić information content (AvgIpc) is 2.60. The number of nitrogens with zero attached hydrogens (tertiary/aromatic N) is 1. The molecule has 5 nitrogen and oxygen atoms in total. The van der Waals surface area contributed by atoms with Gasteiger partial charge in [-0.15, -0.1) is 0 Å². The lowest BCUT2D eigenvalue weighted by Gasteiger charge is -2.09. The maximum Gasteiger partial charge on any atom is 0.337 e. The number of hydrogen-bond acceptors (Lipinski definition) is 3. The molecule has 0 aliphatic carbocycles. The van der Waals surface area contributed by atoms with Crippen molar-refractivity contribution in [2.45, 2.75) is 19.8 Å². The third-order valence-corrected chi connectivity index (χ3v) is 4.10. The van der Waals surface area contributed by atoms with Crippen molar-refractivity contribution in [1.29, 1.82) is 0 Å². The van der Waals surface area contributed by atoms with Crippen LogP contribution >= 0.6 is 0 Å². The number of aromatic carboxylic acids is 1. The largest absolute Gasteiger partial charge is 0.478 e. The van der Waals surface area contributed by atoms with Gasteiger partial charge in [-0.25, -0.2) is 4.79 Å². The summed E-state index contributed by atoms with van der Waals surface area (Å²) in [5, 5.41) is 14.0. The molecule has 0 aliphatic heterocycles. The molecule has 3 rings (SSSR count). The normalized spacial score (nSPS) is 10.6. The second kappa shape index (κ2) is 7.13. The zero-order chi connectivity index (χ0) is 17.8. The van der Waals surface area contributed by atoms with Gasteiger partial charge in [0.1, 0.15) is 0 Å². The third kappa shape index (κ3) is 3.83. The smallest absolute Gasteiger partial charge is 0.337 e. The molecule has 0 spiro atoms. The van der Waals surface area contributed by atoms with Crippen LogP contribution in [0.3, 0.4) is 0 Å². The van der Waals surface area contributed by atoms with Gasteiger partial charge in [-0.1, -0.05) is 30.3 Å². The maximum atomic E-state index is 12.2. The van der Waals surface area contributed by atoms with Crippen LogP contribution in [0.4, 0.5) is 5.69 Å². The number of aryl methyl sites for hydroxylation is 2. The van der Waals surface area contributed by atoms with Crippen LogP contribution < -0.4 is 5.32 Å². The summed E-state index contributed by atoms with van der Waals surface area (Å²) in [6.07, 6.45) is 2.64. The van der Waals surface area contributed by atoms with Gasteiger partial charge in [-0.05, 0) is 42.5 Å². The van der Waals surface area contributed by atoms with Gasteiger partial charge in [-0.2, -0.15) is 0 Å². The zero-order valence-corrected chi connectivity index (χ0v) is 13.8. The first-order chi connectivity index (χ1) is 12.0. The van der Waals surface area contributed by atoms with Crippen LogP contribution in [0, 0.1) is 6.92 Å². The van der Waals surface area contributed by atoms with Crippen LogP contribution in [-0.4, -0.2) is 22.0 Å². The maximum absolute atomic E-state index is 12.2. The van der Waals surface area contributed by atoms with E-state index in [2.05, 4.69) is 16.4 Å². The van der Waals surface area contributed by atoms with Crippen LogP contribution in [0.5, 0.6) is 0 Å². The lowest BCUT2D eigenvalue weighted by Crippen LogP contribution is -2.15. The van der Waals surface area contributed by atoms with E-state index in [9.17, 15) is 9.59 Å². The van der Waals surface area contributed by atoms with E-state index in [1.54, 1.807) is 24.4 Å². The quantitative estimate of drug-likeness (QED) is 0.743. The van der Waals surface area contributed by atoms with Crippen molar-refractivity contribution in [2.24, 2.45) is 0 Å². The fourth-order valence-electron chi connectivity index (χ4n) is 2.78. The minimum atomic E-state index is -1.06. The molecule has 0 saturated carbocycles. The first kappa shape index (κ1) is 16.6. The summed E-state index contributed by atoms with van der Waals surface area (Å²) in [6.45, 7) is 1.97. The van der Waals surface area contributed by atoms with E-state index >= 15 is 0 Å². The second-order valence-electron chi connectivity index (χ2n) is 5.85. The molecular formula is C20H18N2O3. The molecule has 5 heteroatoms. The molecule has 1 aromatic heterocycles. The van der Waals surface area contributed by atoms with Crippen LogP contribution in [0.15, 0.2) is 54.7 Å². The Hall–Kier alpha value is -3.21. The number of carboxylic acid groups (broad SMARTS) is 1. The number of aromatic nitrogens is 1. The number of anilines is 1. The number of carbonyl (C=O) groups excluding carboxylic acids is 1. The predicted molar refractivity (Wildman–Crippen MR) is 96.8 cm³/mol. The fraction of sp³-hybridized carbons (Fsp3) is 0.150. The van der Waals surface area contributed by atoms with Crippen LogP contribution in [0.2, 0.25) is 0 Å². The van der Waals surface area contributed by atoms with E-state index in [0.29, 0.717) is 12.1 Å². The monoisotopic (exact) mass is 334 g/mol. The lowest BCUT2D eigenvalue weighted by molar-refractivity contribution is -0.116. The van der Waals surface area contributed by atoms with Gasteiger partial charge in [0, 0.05) is 23.7 Å². The molecule has 2 N–H and O–H groups in total. The predicted octanol–water partition coefficient (Wildman–Crippen LogP) is 3.81. The highest BCUT2D eigenvalue weighted by Gasteiger charge is 2.11. The van der Waals surface area contributed by atoms with Crippen LogP contribution in [0.25, 0.3) is 10.8 Å². The Labute approximate surface area is 145 Å². The molecule has 1 heterocycles. The highest BCUT2D eigenvalue weighted by atomic mass is 16.4. The first-order valence-corrected chi connectivity index (χ1v) is 8.01. The van der Waals surface area contributed by atoms with Gasteiger partial charge in [0.2, 0.25) is 5.91 Å². The molecular weight excluding hydrogens is 316 g/mol. The number of carbonyl (C=O) groups is 2. The van der Waals surface area contributed by atoms with Crippen molar-refractivity contribution in [3.05, 3.63) is 71.5 Å². The molecule has 0 fully saturated rings. The number of carboxylic acids is 1. The van der Waals surface area contributed by atoms with Crippen molar-refractivity contribution in [1.82, 2.24) is 4.98 Å². The number of benzene rings is 2. The van der Waals surface area contributed by atoms with Crippen molar-refractivity contribution in [3.63, 3.8) is 0 Å². The Balaban J connectivity index is 1.68. The highest BCUT2D eigenvalue weighted by molar-refractivity contribution is 6.00. The molecule has 0 bridgehead atoms. The molecule has 1 amide bonds. The minimum absolute atomic E-state index is 0.0875. The van der Waals surface area contributed by atoms with Gasteiger partial charge in [0.15, 0.2) is 0 Å². The molecule has 0 unspecified atom stereocenters. The van der Waals surface area contributed by atoms with E-state index < -0.39 is 5.97 Å². The summed E-state index contributed by atoms with van der Waals surface area (Å²) in [5.41, 5.74) is 2.44. The van der Waals surface area contributed by atoms with Gasteiger partial charge in [0.05, 0.1) is 11.3 Å². The van der Waals surface area contributed by atoms with Gasteiger partial charge >= 0.3 is 5.97 Å². The Morgan fingerprint density at radius 1 is 1.12 bits per heavy atom. The molecule has 0 atom stereocenters.